The van der Waals surface area contributed by atoms with Crippen molar-refractivity contribution in [2.45, 2.75) is 109 Å². The van der Waals surface area contributed by atoms with Crippen molar-refractivity contribution in [3.8, 4) is 10.6 Å². The third-order valence-electron chi connectivity index (χ3n) is 8.19. The van der Waals surface area contributed by atoms with Gasteiger partial charge < -0.3 is 10.4 Å². The molecule has 0 radical (unpaired) electrons. The average Bonchev–Trinajstić information content (AvgIpc) is 3.42. The number of carbonyl (C=O) groups excluding carboxylic acids is 1. The SMILES string of the molecule is CC(C)(C)c1cc(-c2sc(C(=O)NC3CC(C(=O)O)C3)nc2CC2CCCCC2)nc(C2(C)CC2)n1. The monoisotopic (exact) mass is 510 g/mol. The Morgan fingerprint density at radius 1 is 1.11 bits per heavy atom. The molecule has 8 heteroatoms. The van der Waals surface area contributed by atoms with Gasteiger partial charge in [-0.05, 0) is 44.1 Å². The summed E-state index contributed by atoms with van der Waals surface area (Å²) in [6, 6.07) is 2.00. The molecule has 36 heavy (non-hydrogen) atoms. The van der Waals surface area contributed by atoms with E-state index >= 15 is 0 Å². The zero-order chi connectivity index (χ0) is 25.7. The van der Waals surface area contributed by atoms with Crippen LogP contribution in [0.5, 0.6) is 0 Å². The van der Waals surface area contributed by atoms with Gasteiger partial charge in [-0.3, -0.25) is 9.59 Å². The Labute approximate surface area is 217 Å². The maximum absolute atomic E-state index is 13.1. The topological polar surface area (TPSA) is 105 Å². The summed E-state index contributed by atoms with van der Waals surface area (Å²) in [5.74, 6) is 0.142. The molecule has 3 fully saturated rings. The van der Waals surface area contributed by atoms with E-state index in [1.165, 1.54) is 43.4 Å². The first-order chi connectivity index (χ1) is 17.0. The maximum Gasteiger partial charge on any atom is 0.306 e. The van der Waals surface area contributed by atoms with Crippen molar-refractivity contribution < 1.29 is 14.7 Å². The number of aliphatic carboxylic acids is 1. The Kier molecular flexibility index (Phi) is 6.68. The second kappa shape index (κ2) is 9.51. The van der Waals surface area contributed by atoms with Crippen LogP contribution in [0.4, 0.5) is 0 Å². The molecule has 0 aromatic carbocycles. The highest BCUT2D eigenvalue weighted by atomic mass is 32.1. The van der Waals surface area contributed by atoms with Crippen molar-refractivity contribution >= 4 is 23.2 Å². The van der Waals surface area contributed by atoms with Crippen LogP contribution in [0.2, 0.25) is 0 Å². The molecule has 3 aliphatic carbocycles. The fraction of sp³-hybridized carbons (Fsp3) is 0.679. The number of hydrogen-bond acceptors (Lipinski definition) is 6. The lowest BCUT2D eigenvalue weighted by molar-refractivity contribution is -0.145. The molecular formula is C28H38N4O3S. The summed E-state index contributed by atoms with van der Waals surface area (Å²) in [5.41, 5.74) is 2.80. The summed E-state index contributed by atoms with van der Waals surface area (Å²) in [5, 5.41) is 12.6. The second-order valence-corrected chi connectivity index (χ2v) is 13.5. The third kappa shape index (κ3) is 5.34. The van der Waals surface area contributed by atoms with Crippen molar-refractivity contribution in [3.63, 3.8) is 0 Å². The standard InChI is InChI=1S/C28H38N4O3S/c1-27(2,3)21-15-20(31-26(32-21)28(4)10-11-28)22-19(12-16-8-6-5-7-9-16)30-24(36-22)23(33)29-18-13-17(14-18)25(34)35/h15-18H,5-14H2,1-4H3,(H,29,33)(H,34,35). The number of nitrogens with one attached hydrogen (secondary N) is 1. The van der Waals surface area contributed by atoms with Crippen LogP contribution in [0.3, 0.4) is 0 Å². The molecule has 0 atom stereocenters. The lowest BCUT2D eigenvalue weighted by Gasteiger charge is -2.32. The largest absolute Gasteiger partial charge is 0.481 e. The molecule has 1 amide bonds. The van der Waals surface area contributed by atoms with Gasteiger partial charge in [-0.2, -0.15) is 0 Å². The summed E-state index contributed by atoms with van der Waals surface area (Å²) in [7, 11) is 0. The fourth-order valence-corrected chi connectivity index (χ4v) is 6.22. The summed E-state index contributed by atoms with van der Waals surface area (Å²) in [6.45, 7) is 8.76. The third-order valence-corrected chi connectivity index (χ3v) is 9.31. The van der Waals surface area contributed by atoms with Gasteiger partial charge in [-0.1, -0.05) is 59.8 Å². The predicted molar refractivity (Wildman–Crippen MR) is 140 cm³/mol. The number of aromatic nitrogens is 3. The van der Waals surface area contributed by atoms with Crippen molar-refractivity contribution in [2.24, 2.45) is 11.8 Å². The Hall–Kier alpha value is -2.35. The van der Waals surface area contributed by atoms with Gasteiger partial charge in [0.05, 0.1) is 27.9 Å². The van der Waals surface area contributed by atoms with Crippen LogP contribution in [0, 0.1) is 11.8 Å². The highest BCUT2D eigenvalue weighted by Gasteiger charge is 2.43. The first-order valence-electron chi connectivity index (χ1n) is 13.5. The summed E-state index contributed by atoms with van der Waals surface area (Å²) in [6.07, 6.45) is 10.3. The molecule has 2 aromatic heterocycles. The number of thiazole rings is 1. The Bertz CT molecular complexity index is 1130. The van der Waals surface area contributed by atoms with E-state index in [-0.39, 0.29) is 28.7 Å². The maximum atomic E-state index is 13.1. The van der Waals surface area contributed by atoms with Gasteiger partial charge in [0.15, 0.2) is 5.01 Å². The molecule has 0 saturated heterocycles. The molecule has 3 saturated carbocycles. The smallest absolute Gasteiger partial charge is 0.306 e. The van der Waals surface area contributed by atoms with E-state index in [1.807, 2.05) is 0 Å². The molecule has 7 nitrogen and oxygen atoms in total. The molecule has 5 rings (SSSR count). The lowest BCUT2D eigenvalue weighted by Crippen LogP contribution is -2.46. The van der Waals surface area contributed by atoms with Crippen LogP contribution in [0.15, 0.2) is 6.07 Å². The van der Waals surface area contributed by atoms with E-state index in [2.05, 4.69) is 39.1 Å². The van der Waals surface area contributed by atoms with Crippen LogP contribution in [0.25, 0.3) is 10.6 Å². The number of amides is 1. The fourth-order valence-electron chi connectivity index (χ4n) is 5.27. The molecule has 2 N–H and O–H groups in total. The molecule has 0 unspecified atom stereocenters. The van der Waals surface area contributed by atoms with Crippen LogP contribution >= 0.6 is 11.3 Å². The zero-order valence-electron chi connectivity index (χ0n) is 21.9. The first kappa shape index (κ1) is 25.3. The lowest BCUT2D eigenvalue weighted by atomic mass is 9.80. The van der Waals surface area contributed by atoms with E-state index in [4.69, 9.17) is 20.1 Å². The summed E-state index contributed by atoms with van der Waals surface area (Å²) < 4.78 is 0. The van der Waals surface area contributed by atoms with Crippen LogP contribution in [-0.4, -0.2) is 38.0 Å². The summed E-state index contributed by atoms with van der Waals surface area (Å²) >= 11 is 1.42. The van der Waals surface area contributed by atoms with Crippen molar-refractivity contribution in [1.82, 2.24) is 20.3 Å². The molecule has 0 aliphatic heterocycles. The van der Waals surface area contributed by atoms with Gasteiger partial charge in [-0.25, -0.2) is 15.0 Å². The molecular weight excluding hydrogens is 472 g/mol. The van der Waals surface area contributed by atoms with Gasteiger partial charge >= 0.3 is 5.97 Å². The number of nitrogens with zero attached hydrogens (tertiary/aromatic N) is 3. The predicted octanol–water partition coefficient (Wildman–Crippen LogP) is 5.66. The molecule has 3 aliphatic rings. The van der Waals surface area contributed by atoms with Gasteiger partial charge in [0.2, 0.25) is 0 Å². The van der Waals surface area contributed by atoms with Gasteiger partial charge in [0.25, 0.3) is 5.91 Å². The van der Waals surface area contributed by atoms with E-state index in [0.29, 0.717) is 23.8 Å². The highest BCUT2D eigenvalue weighted by molar-refractivity contribution is 7.17. The number of carbonyl (C=O) groups is 2. The Morgan fingerprint density at radius 2 is 1.81 bits per heavy atom. The van der Waals surface area contributed by atoms with E-state index in [0.717, 1.165) is 47.0 Å². The van der Waals surface area contributed by atoms with Crippen LogP contribution in [0.1, 0.15) is 112 Å². The molecule has 0 bridgehead atoms. The first-order valence-corrected chi connectivity index (χ1v) is 14.3. The highest BCUT2D eigenvalue weighted by Crippen LogP contribution is 2.47. The van der Waals surface area contributed by atoms with E-state index in [9.17, 15) is 9.59 Å². The quantitative estimate of drug-likeness (QED) is 0.498. The average molecular weight is 511 g/mol. The van der Waals surface area contributed by atoms with Gasteiger partial charge in [0, 0.05) is 16.9 Å². The second-order valence-electron chi connectivity index (χ2n) is 12.5. The van der Waals surface area contributed by atoms with Crippen LogP contribution in [-0.2, 0) is 22.0 Å². The molecule has 194 valence electrons. The van der Waals surface area contributed by atoms with E-state index in [1.54, 1.807) is 0 Å². The number of rotatable bonds is 7. The van der Waals surface area contributed by atoms with Crippen molar-refractivity contribution in [2.75, 3.05) is 0 Å². The Morgan fingerprint density at radius 3 is 2.42 bits per heavy atom. The number of carboxylic acid groups (broad SMARTS) is 1. The van der Waals surface area contributed by atoms with Crippen LogP contribution < -0.4 is 5.32 Å². The molecule has 2 heterocycles. The van der Waals surface area contributed by atoms with Gasteiger partial charge in [0.1, 0.15) is 5.82 Å². The minimum Gasteiger partial charge on any atom is -0.481 e. The van der Waals surface area contributed by atoms with Crippen molar-refractivity contribution in [1.29, 1.82) is 0 Å². The Balaban J connectivity index is 1.48. The van der Waals surface area contributed by atoms with Crippen molar-refractivity contribution in [3.05, 3.63) is 28.3 Å². The van der Waals surface area contributed by atoms with E-state index < -0.39 is 5.97 Å². The number of carboxylic acids is 1. The number of hydrogen-bond donors (Lipinski definition) is 2. The zero-order valence-corrected chi connectivity index (χ0v) is 22.7. The van der Waals surface area contributed by atoms with Gasteiger partial charge in [-0.15, -0.1) is 11.3 Å². The molecule has 2 aromatic rings. The minimum atomic E-state index is -0.787. The molecule has 0 spiro atoms. The summed E-state index contributed by atoms with van der Waals surface area (Å²) in [4.78, 5) is 40.2. The normalized spacial score (nSPS) is 23.7. The minimum absolute atomic E-state index is 0.0370.